The highest BCUT2D eigenvalue weighted by Crippen LogP contribution is 2.35. The van der Waals surface area contributed by atoms with E-state index in [0.29, 0.717) is 12.0 Å². The number of hydrogen-bond donors (Lipinski definition) is 1. The van der Waals surface area contributed by atoms with Gasteiger partial charge in [0, 0.05) is 7.11 Å². The molecule has 0 amide bonds. The summed E-state index contributed by atoms with van der Waals surface area (Å²) in [6.07, 6.45) is 7.67. The van der Waals surface area contributed by atoms with E-state index >= 15 is 0 Å². The van der Waals surface area contributed by atoms with E-state index in [1.165, 1.54) is 12.8 Å². The Morgan fingerprint density at radius 2 is 2.00 bits per heavy atom. The molecule has 0 aromatic carbocycles. The molecule has 1 rings (SSSR count). The molecule has 1 aliphatic rings. The second-order valence-corrected chi connectivity index (χ2v) is 5.26. The van der Waals surface area contributed by atoms with Gasteiger partial charge in [-0.1, -0.05) is 26.7 Å². The number of hydrogen-bond acceptors (Lipinski definition) is 2. The molecule has 15 heavy (non-hydrogen) atoms. The van der Waals surface area contributed by atoms with Crippen LogP contribution in [0.1, 0.15) is 58.8 Å². The molecule has 90 valence electrons. The SMILES string of the molecule is CCCC(C)CC1(O)CCC(OC)CC1. The van der Waals surface area contributed by atoms with Crippen molar-refractivity contribution in [2.75, 3.05) is 7.11 Å². The van der Waals surface area contributed by atoms with Gasteiger partial charge in [-0.3, -0.25) is 0 Å². The van der Waals surface area contributed by atoms with Gasteiger partial charge in [0.1, 0.15) is 0 Å². The van der Waals surface area contributed by atoms with Crippen LogP contribution in [0.3, 0.4) is 0 Å². The Hall–Kier alpha value is -0.0800. The van der Waals surface area contributed by atoms with Crippen molar-refractivity contribution in [1.29, 1.82) is 0 Å². The maximum Gasteiger partial charge on any atom is 0.0652 e. The van der Waals surface area contributed by atoms with E-state index in [4.69, 9.17) is 4.74 Å². The Morgan fingerprint density at radius 3 is 2.47 bits per heavy atom. The van der Waals surface area contributed by atoms with E-state index in [0.717, 1.165) is 32.1 Å². The number of methoxy groups -OCH3 is 1. The largest absolute Gasteiger partial charge is 0.390 e. The normalized spacial score (nSPS) is 34.0. The van der Waals surface area contributed by atoms with Gasteiger partial charge in [0.15, 0.2) is 0 Å². The van der Waals surface area contributed by atoms with Crippen LogP contribution in [-0.4, -0.2) is 23.9 Å². The zero-order chi connectivity index (χ0) is 11.3. The molecule has 0 heterocycles. The lowest BCUT2D eigenvalue weighted by Gasteiger charge is -2.37. The van der Waals surface area contributed by atoms with Crippen LogP contribution in [0, 0.1) is 5.92 Å². The van der Waals surface area contributed by atoms with Crippen molar-refractivity contribution in [2.45, 2.75) is 70.5 Å². The Morgan fingerprint density at radius 1 is 1.40 bits per heavy atom. The molecule has 0 radical (unpaired) electrons. The van der Waals surface area contributed by atoms with E-state index in [1.54, 1.807) is 7.11 Å². The molecule has 1 aliphatic carbocycles. The van der Waals surface area contributed by atoms with E-state index in [2.05, 4.69) is 13.8 Å². The zero-order valence-electron chi connectivity index (χ0n) is 10.5. The van der Waals surface area contributed by atoms with Crippen molar-refractivity contribution in [3.8, 4) is 0 Å². The van der Waals surface area contributed by atoms with Gasteiger partial charge >= 0.3 is 0 Å². The summed E-state index contributed by atoms with van der Waals surface area (Å²) in [5, 5.41) is 10.4. The molecular weight excluding hydrogens is 188 g/mol. The van der Waals surface area contributed by atoms with Crippen molar-refractivity contribution in [3.63, 3.8) is 0 Å². The van der Waals surface area contributed by atoms with Crippen LogP contribution in [0.5, 0.6) is 0 Å². The molecule has 1 saturated carbocycles. The first-order chi connectivity index (χ1) is 7.09. The van der Waals surface area contributed by atoms with E-state index in [9.17, 15) is 5.11 Å². The lowest BCUT2D eigenvalue weighted by molar-refractivity contribution is -0.0563. The first-order valence-electron chi connectivity index (χ1n) is 6.35. The predicted octanol–water partition coefficient (Wildman–Crippen LogP) is 3.13. The lowest BCUT2D eigenvalue weighted by Crippen LogP contribution is -2.37. The molecule has 0 aromatic rings. The Balaban J connectivity index is 2.34. The quantitative estimate of drug-likeness (QED) is 0.762. The van der Waals surface area contributed by atoms with Crippen molar-refractivity contribution < 1.29 is 9.84 Å². The van der Waals surface area contributed by atoms with Crippen LogP contribution in [0.15, 0.2) is 0 Å². The molecule has 0 spiro atoms. The van der Waals surface area contributed by atoms with Crippen LogP contribution >= 0.6 is 0 Å². The molecule has 2 nitrogen and oxygen atoms in total. The van der Waals surface area contributed by atoms with Crippen LogP contribution in [0.25, 0.3) is 0 Å². The molecule has 2 heteroatoms. The van der Waals surface area contributed by atoms with Gasteiger partial charge in [0.05, 0.1) is 11.7 Å². The summed E-state index contributed by atoms with van der Waals surface area (Å²) in [7, 11) is 1.77. The molecule has 0 aliphatic heterocycles. The van der Waals surface area contributed by atoms with Gasteiger partial charge in [0.25, 0.3) is 0 Å². The van der Waals surface area contributed by atoms with E-state index < -0.39 is 5.60 Å². The van der Waals surface area contributed by atoms with Gasteiger partial charge in [-0.15, -0.1) is 0 Å². The summed E-state index contributed by atoms with van der Waals surface area (Å²) < 4.78 is 5.33. The van der Waals surface area contributed by atoms with Gasteiger partial charge in [-0.2, -0.15) is 0 Å². The first kappa shape index (κ1) is 13.0. The first-order valence-corrected chi connectivity index (χ1v) is 6.35. The average molecular weight is 214 g/mol. The fourth-order valence-electron chi connectivity index (χ4n) is 2.81. The summed E-state index contributed by atoms with van der Waals surface area (Å²) in [5.41, 5.74) is -0.399. The molecule has 1 N–H and O–H groups in total. The van der Waals surface area contributed by atoms with E-state index in [1.807, 2.05) is 0 Å². The minimum Gasteiger partial charge on any atom is -0.390 e. The van der Waals surface area contributed by atoms with Crippen LogP contribution in [0.4, 0.5) is 0 Å². The molecule has 1 fully saturated rings. The highest BCUT2D eigenvalue weighted by atomic mass is 16.5. The highest BCUT2D eigenvalue weighted by Gasteiger charge is 2.34. The van der Waals surface area contributed by atoms with Crippen molar-refractivity contribution in [3.05, 3.63) is 0 Å². The summed E-state index contributed by atoms with van der Waals surface area (Å²) in [5.74, 6) is 0.652. The second-order valence-electron chi connectivity index (χ2n) is 5.26. The van der Waals surface area contributed by atoms with Gasteiger partial charge < -0.3 is 9.84 Å². The molecule has 0 aromatic heterocycles. The summed E-state index contributed by atoms with van der Waals surface area (Å²) in [6, 6.07) is 0. The maximum atomic E-state index is 10.4. The van der Waals surface area contributed by atoms with Crippen molar-refractivity contribution in [1.82, 2.24) is 0 Å². The number of ether oxygens (including phenoxy) is 1. The number of rotatable bonds is 5. The maximum absolute atomic E-state index is 10.4. The Kier molecular flexibility index (Phi) is 5.07. The Bertz CT molecular complexity index is 171. The zero-order valence-corrected chi connectivity index (χ0v) is 10.5. The third-order valence-corrected chi connectivity index (χ3v) is 3.71. The monoisotopic (exact) mass is 214 g/mol. The third-order valence-electron chi connectivity index (χ3n) is 3.71. The molecule has 1 unspecified atom stereocenters. The average Bonchev–Trinajstić information content (AvgIpc) is 2.18. The standard InChI is InChI=1S/C13H26O2/c1-4-5-11(2)10-13(14)8-6-12(15-3)7-9-13/h11-12,14H,4-10H2,1-3H3. The molecule has 0 saturated heterocycles. The van der Waals surface area contributed by atoms with Gasteiger partial charge in [-0.25, -0.2) is 0 Å². The fourth-order valence-corrected chi connectivity index (χ4v) is 2.81. The summed E-state index contributed by atoms with van der Waals surface area (Å²) in [6.45, 7) is 4.46. The minimum absolute atomic E-state index is 0.381. The highest BCUT2D eigenvalue weighted by molar-refractivity contribution is 4.87. The smallest absolute Gasteiger partial charge is 0.0652 e. The Labute approximate surface area is 94.0 Å². The van der Waals surface area contributed by atoms with E-state index in [-0.39, 0.29) is 0 Å². The summed E-state index contributed by atoms with van der Waals surface area (Å²) >= 11 is 0. The third kappa shape index (κ3) is 4.12. The predicted molar refractivity (Wildman–Crippen MR) is 62.9 cm³/mol. The number of aliphatic hydroxyl groups is 1. The van der Waals surface area contributed by atoms with Crippen molar-refractivity contribution in [2.24, 2.45) is 5.92 Å². The topological polar surface area (TPSA) is 29.5 Å². The fraction of sp³-hybridized carbons (Fsp3) is 1.00. The van der Waals surface area contributed by atoms with Crippen LogP contribution in [0.2, 0.25) is 0 Å². The van der Waals surface area contributed by atoms with Crippen LogP contribution < -0.4 is 0 Å². The lowest BCUT2D eigenvalue weighted by atomic mass is 9.77. The summed E-state index contributed by atoms with van der Waals surface area (Å²) in [4.78, 5) is 0. The minimum atomic E-state index is -0.399. The molecule has 1 atom stereocenters. The second kappa shape index (κ2) is 5.86. The van der Waals surface area contributed by atoms with Crippen molar-refractivity contribution >= 4 is 0 Å². The van der Waals surface area contributed by atoms with Crippen LogP contribution in [-0.2, 0) is 4.74 Å². The molecule has 0 bridgehead atoms. The van der Waals surface area contributed by atoms with Gasteiger partial charge in [-0.05, 0) is 38.0 Å². The molecular formula is C13H26O2. The van der Waals surface area contributed by atoms with Gasteiger partial charge in [0.2, 0.25) is 0 Å².